The topological polar surface area (TPSA) is 116 Å². The number of nitrogens with one attached hydrogen (secondary N) is 1. The summed E-state index contributed by atoms with van der Waals surface area (Å²) in [5.41, 5.74) is 3.48. The molecule has 0 saturated carbocycles. The molecule has 4 rings (SSSR count). The molecule has 0 bridgehead atoms. The number of carbonyl (C=O) groups excluding carboxylic acids is 1. The molecule has 3 heterocycles. The van der Waals surface area contributed by atoms with E-state index in [2.05, 4.69) is 9.97 Å². The molecule has 0 unspecified atom stereocenters. The maximum absolute atomic E-state index is 13.0. The number of aromatic nitrogens is 2. The predicted octanol–water partition coefficient (Wildman–Crippen LogP) is 1.84. The van der Waals surface area contributed by atoms with Crippen LogP contribution in [0.5, 0.6) is 0 Å². The van der Waals surface area contributed by atoms with Crippen LogP contribution in [0.3, 0.4) is 0 Å². The van der Waals surface area contributed by atoms with Crippen molar-refractivity contribution in [2.24, 2.45) is 0 Å². The molecule has 2 N–H and O–H groups in total. The number of benzene rings is 1. The molecule has 2 aromatic heterocycles. The number of amides is 1. The van der Waals surface area contributed by atoms with E-state index in [1.165, 1.54) is 10.5 Å². The Bertz CT molecular complexity index is 1130. The van der Waals surface area contributed by atoms with Crippen LogP contribution in [0.4, 0.5) is 5.13 Å². The first kappa shape index (κ1) is 20.4. The molecule has 1 aromatic carbocycles. The normalized spacial score (nSPS) is 15.2. The average Bonchev–Trinajstić information content (AvgIpc) is 3.30. The number of anilines is 1. The molecule has 0 radical (unpaired) electrons. The molecule has 0 atom stereocenters. The van der Waals surface area contributed by atoms with Crippen molar-refractivity contribution >= 4 is 32.4 Å². The molecule has 3 aromatic rings. The van der Waals surface area contributed by atoms with Crippen LogP contribution in [0.2, 0.25) is 0 Å². The fourth-order valence-electron chi connectivity index (χ4n) is 3.20. The third-order valence-electron chi connectivity index (χ3n) is 4.83. The predicted molar refractivity (Wildman–Crippen MR) is 112 cm³/mol. The lowest BCUT2D eigenvalue weighted by Crippen LogP contribution is -2.48. The molecule has 1 amide bonds. The van der Waals surface area contributed by atoms with Crippen LogP contribution in [0.1, 0.15) is 9.67 Å². The van der Waals surface area contributed by atoms with Crippen LogP contribution in [0.25, 0.3) is 11.1 Å². The molecule has 1 saturated heterocycles. The Morgan fingerprint density at radius 1 is 1.00 bits per heavy atom. The van der Waals surface area contributed by atoms with Gasteiger partial charge in [-0.05, 0) is 35.4 Å². The zero-order chi connectivity index (χ0) is 21.1. The Hall–Kier alpha value is -2.86. The zero-order valence-electron chi connectivity index (χ0n) is 15.8. The first-order chi connectivity index (χ1) is 14.5. The van der Waals surface area contributed by atoms with E-state index in [0.29, 0.717) is 31.3 Å². The van der Waals surface area contributed by atoms with Gasteiger partial charge in [-0.1, -0.05) is 23.5 Å². The molecule has 1 fully saturated rings. The molecule has 1 aliphatic heterocycles. The summed E-state index contributed by atoms with van der Waals surface area (Å²) in [6.45, 7) is 1.55. The second-order valence-electron chi connectivity index (χ2n) is 6.60. The SMILES string of the molecule is O=C(NO)c1cnc(N2CCN(S(=O)(=O)c3ccc(-c4ccncc4)cc3)CC2)s1. The number of thiazole rings is 1. The van der Waals surface area contributed by atoms with E-state index in [-0.39, 0.29) is 9.77 Å². The van der Waals surface area contributed by atoms with Crippen LogP contribution in [-0.4, -0.2) is 60.0 Å². The fraction of sp³-hybridized carbons (Fsp3) is 0.211. The summed E-state index contributed by atoms with van der Waals surface area (Å²) in [4.78, 5) is 22.1. The number of hydroxylamine groups is 1. The summed E-state index contributed by atoms with van der Waals surface area (Å²) < 4.78 is 27.5. The van der Waals surface area contributed by atoms with Crippen molar-refractivity contribution in [2.45, 2.75) is 4.90 Å². The molecule has 1 aliphatic rings. The van der Waals surface area contributed by atoms with E-state index in [9.17, 15) is 13.2 Å². The molecule has 156 valence electrons. The van der Waals surface area contributed by atoms with Gasteiger partial charge in [0, 0.05) is 38.6 Å². The average molecular weight is 446 g/mol. The lowest BCUT2D eigenvalue weighted by Gasteiger charge is -2.33. The van der Waals surface area contributed by atoms with Crippen molar-refractivity contribution in [3.63, 3.8) is 0 Å². The minimum atomic E-state index is -3.60. The van der Waals surface area contributed by atoms with Gasteiger partial charge in [-0.3, -0.25) is 15.0 Å². The van der Waals surface area contributed by atoms with Crippen molar-refractivity contribution in [3.8, 4) is 11.1 Å². The second kappa shape index (κ2) is 8.48. The van der Waals surface area contributed by atoms with Gasteiger partial charge in [0.15, 0.2) is 5.13 Å². The summed E-state index contributed by atoms with van der Waals surface area (Å²) >= 11 is 1.15. The summed E-state index contributed by atoms with van der Waals surface area (Å²) in [6, 6.07) is 10.6. The maximum atomic E-state index is 13.0. The Balaban J connectivity index is 1.43. The zero-order valence-corrected chi connectivity index (χ0v) is 17.4. The van der Waals surface area contributed by atoms with Gasteiger partial charge in [0.2, 0.25) is 10.0 Å². The molecule has 0 aliphatic carbocycles. The standard InChI is InChI=1S/C19H19N5O4S2/c25-18(22-26)17-13-21-19(29-17)23-9-11-24(12-10-23)30(27,28)16-3-1-14(2-4-16)15-5-7-20-8-6-15/h1-8,13,26H,9-12H2,(H,22,25). The highest BCUT2D eigenvalue weighted by molar-refractivity contribution is 7.89. The van der Waals surface area contributed by atoms with Crippen LogP contribution in [0.15, 0.2) is 59.9 Å². The third kappa shape index (κ3) is 4.05. The largest absolute Gasteiger partial charge is 0.345 e. The Labute approximate surface area is 177 Å². The highest BCUT2D eigenvalue weighted by Gasteiger charge is 2.29. The van der Waals surface area contributed by atoms with Crippen molar-refractivity contribution < 1.29 is 18.4 Å². The van der Waals surface area contributed by atoms with E-state index in [1.54, 1.807) is 42.1 Å². The molecule has 30 heavy (non-hydrogen) atoms. The van der Waals surface area contributed by atoms with Gasteiger partial charge < -0.3 is 4.90 Å². The first-order valence-corrected chi connectivity index (χ1v) is 11.4. The smallest absolute Gasteiger partial charge is 0.286 e. The monoisotopic (exact) mass is 445 g/mol. The number of carbonyl (C=O) groups is 1. The fourth-order valence-corrected chi connectivity index (χ4v) is 5.48. The minimum absolute atomic E-state index is 0.255. The van der Waals surface area contributed by atoms with E-state index < -0.39 is 15.9 Å². The van der Waals surface area contributed by atoms with Crippen LogP contribution in [0, 0.1) is 0 Å². The van der Waals surface area contributed by atoms with Crippen LogP contribution in [-0.2, 0) is 10.0 Å². The van der Waals surface area contributed by atoms with Crippen molar-refractivity contribution in [3.05, 3.63) is 59.9 Å². The molecule has 9 nitrogen and oxygen atoms in total. The molecular weight excluding hydrogens is 426 g/mol. The van der Waals surface area contributed by atoms with Crippen molar-refractivity contribution in [1.29, 1.82) is 0 Å². The van der Waals surface area contributed by atoms with Crippen molar-refractivity contribution in [2.75, 3.05) is 31.1 Å². The highest BCUT2D eigenvalue weighted by atomic mass is 32.2. The summed E-state index contributed by atoms with van der Waals surface area (Å²) in [7, 11) is -3.60. The molecule has 11 heteroatoms. The third-order valence-corrected chi connectivity index (χ3v) is 7.80. The lowest BCUT2D eigenvalue weighted by molar-refractivity contribution is 0.0710. The second-order valence-corrected chi connectivity index (χ2v) is 9.55. The highest BCUT2D eigenvalue weighted by Crippen LogP contribution is 2.26. The van der Waals surface area contributed by atoms with Gasteiger partial charge in [-0.15, -0.1) is 0 Å². The number of hydrogen-bond donors (Lipinski definition) is 2. The van der Waals surface area contributed by atoms with Gasteiger partial charge in [-0.2, -0.15) is 4.31 Å². The van der Waals surface area contributed by atoms with Gasteiger partial charge >= 0.3 is 0 Å². The van der Waals surface area contributed by atoms with Gasteiger partial charge in [-0.25, -0.2) is 18.9 Å². The van der Waals surface area contributed by atoms with E-state index in [4.69, 9.17) is 5.21 Å². The summed E-state index contributed by atoms with van der Waals surface area (Å²) in [5.74, 6) is -0.616. The molecular formula is C19H19N5O4S2. The number of pyridine rings is 1. The quantitative estimate of drug-likeness (QED) is 0.455. The number of nitrogens with zero attached hydrogens (tertiary/aromatic N) is 4. The lowest BCUT2D eigenvalue weighted by atomic mass is 10.1. The number of piperazine rings is 1. The van der Waals surface area contributed by atoms with E-state index >= 15 is 0 Å². The summed E-state index contributed by atoms with van der Waals surface area (Å²) in [5, 5.41) is 9.33. The van der Waals surface area contributed by atoms with E-state index in [1.807, 2.05) is 17.0 Å². The summed E-state index contributed by atoms with van der Waals surface area (Å²) in [6.07, 6.45) is 4.78. The van der Waals surface area contributed by atoms with Gasteiger partial charge in [0.05, 0.1) is 11.1 Å². The Kier molecular flexibility index (Phi) is 5.77. The Morgan fingerprint density at radius 3 is 2.27 bits per heavy atom. The maximum Gasteiger partial charge on any atom is 0.286 e. The van der Waals surface area contributed by atoms with Crippen LogP contribution < -0.4 is 10.4 Å². The van der Waals surface area contributed by atoms with Gasteiger partial charge in [0.25, 0.3) is 5.91 Å². The van der Waals surface area contributed by atoms with Gasteiger partial charge in [0.1, 0.15) is 4.88 Å². The Morgan fingerprint density at radius 2 is 1.63 bits per heavy atom. The van der Waals surface area contributed by atoms with Crippen molar-refractivity contribution in [1.82, 2.24) is 19.8 Å². The molecule has 0 spiro atoms. The van der Waals surface area contributed by atoms with Crippen LogP contribution >= 0.6 is 11.3 Å². The minimum Gasteiger partial charge on any atom is -0.345 e. The number of hydrogen-bond acceptors (Lipinski definition) is 8. The number of rotatable bonds is 5. The van der Waals surface area contributed by atoms with E-state index in [0.717, 1.165) is 22.5 Å². The first-order valence-electron chi connectivity index (χ1n) is 9.15. The number of sulfonamides is 1.